The Morgan fingerprint density at radius 3 is 2.00 bits per heavy atom. The number of benzene rings is 3. The summed E-state index contributed by atoms with van der Waals surface area (Å²) in [6, 6.07) is 17.6. The first kappa shape index (κ1) is 23.1. The van der Waals surface area contributed by atoms with Crippen LogP contribution in [0.2, 0.25) is 0 Å². The molecular formula is C25H16F3N3O2S. The SMILES string of the molecule is N#C/C(C(=O)Nc1ccc(F)cc1)=C1\S[C@@H](Cc2ccc(F)cc2)C(=O)N1c1ccc(F)cc1. The van der Waals surface area contributed by atoms with Crippen LogP contribution >= 0.6 is 11.8 Å². The van der Waals surface area contributed by atoms with Gasteiger partial charge in [-0.25, -0.2) is 13.2 Å². The monoisotopic (exact) mass is 479 g/mol. The highest BCUT2D eigenvalue weighted by molar-refractivity contribution is 8.05. The van der Waals surface area contributed by atoms with E-state index in [4.69, 9.17) is 0 Å². The zero-order valence-corrected chi connectivity index (χ0v) is 18.3. The molecular weight excluding hydrogens is 463 g/mol. The Morgan fingerprint density at radius 1 is 0.912 bits per heavy atom. The van der Waals surface area contributed by atoms with Crippen LogP contribution in [0.1, 0.15) is 5.56 Å². The summed E-state index contributed by atoms with van der Waals surface area (Å²) in [7, 11) is 0. The standard InChI is InChI=1S/C25H16F3N3O2S/c26-16-3-1-15(2-4-16)13-22-24(33)31(20-11-7-18(28)8-12-20)25(34-22)21(14-29)23(32)30-19-9-5-17(27)6-10-19/h1-12,22H,13H2,(H,30,32)/b25-21+/t22-/m0/s1. The van der Waals surface area contributed by atoms with Gasteiger partial charge in [0.1, 0.15) is 34.1 Å². The van der Waals surface area contributed by atoms with Gasteiger partial charge >= 0.3 is 0 Å². The summed E-state index contributed by atoms with van der Waals surface area (Å²) in [6.45, 7) is 0. The maximum Gasteiger partial charge on any atom is 0.269 e. The first-order chi connectivity index (χ1) is 16.4. The molecule has 5 nitrogen and oxygen atoms in total. The molecule has 0 aliphatic carbocycles. The van der Waals surface area contributed by atoms with Crippen molar-refractivity contribution in [1.29, 1.82) is 5.26 Å². The van der Waals surface area contributed by atoms with Crippen molar-refractivity contribution >= 4 is 35.0 Å². The van der Waals surface area contributed by atoms with E-state index in [-0.39, 0.29) is 28.4 Å². The van der Waals surface area contributed by atoms with Crippen LogP contribution in [0.5, 0.6) is 0 Å². The number of hydrogen-bond acceptors (Lipinski definition) is 4. The van der Waals surface area contributed by atoms with Crippen molar-refractivity contribution in [2.24, 2.45) is 0 Å². The molecule has 34 heavy (non-hydrogen) atoms. The van der Waals surface area contributed by atoms with Gasteiger partial charge in [0, 0.05) is 11.4 Å². The number of amides is 2. The molecule has 3 aromatic carbocycles. The van der Waals surface area contributed by atoms with E-state index in [1.807, 2.05) is 6.07 Å². The molecule has 0 radical (unpaired) electrons. The molecule has 2 amide bonds. The molecule has 1 atom stereocenters. The molecule has 3 aromatic rings. The highest BCUT2D eigenvalue weighted by Crippen LogP contribution is 2.42. The third-order valence-corrected chi connectivity index (χ3v) is 6.29. The lowest BCUT2D eigenvalue weighted by atomic mass is 10.1. The summed E-state index contributed by atoms with van der Waals surface area (Å²) >= 11 is 1.02. The van der Waals surface area contributed by atoms with Crippen molar-refractivity contribution in [3.63, 3.8) is 0 Å². The zero-order chi connectivity index (χ0) is 24.2. The van der Waals surface area contributed by atoms with E-state index >= 15 is 0 Å². The van der Waals surface area contributed by atoms with Crippen LogP contribution in [-0.4, -0.2) is 17.1 Å². The summed E-state index contributed by atoms with van der Waals surface area (Å²) in [5.74, 6) is -2.59. The van der Waals surface area contributed by atoms with E-state index < -0.39 is 34.5 Å². The maximum absolute atomic E-state index is 13.5. The normalized spacial score (nSPS) is 16.8. The van der Waals surface area contributed by atoms with Gasteiger partial charge in [-0.15, -0.1) is 0 Å². The van der Waals surface area contributed by atoms with Crippen molar-refractivity contribution in [2.75, 3.05) is 10.2 Å². The van der Waals surface area contributed by atoms with Crippen LogP contribution in [0, 0.1) is 28.8 Å². The summed E-state index contributed by atoms with van der Waals surface area (Å²) < 4.78 is 40.0. The van der Waals surface area contributed by atoms with E-state index in [2.05, 4.69) is 5.32 Å². The molecule has 4 rings (SSSR count). The van der Waals surface area contributed by atoms with Crippen LogP contribution in [0.25, 0.3) is 0 Å². The molecule has 1 aliphatic rings. The van der Waals surface area contributed by atoms with Gasteiger partial charge in [-0.05, 0) is 72.6 Å². The minimum Gasteiger partial charge on any atom is -0.321 e. The number of thioether (sulfide) groups is 1. The molecule has 170 valence electrons. The summed E-state index contributed by atoms with van der Waals surface area (Å²) in [5, 5.41) is 11.7. The second kappa shape index (κ2) is 9.85. The van der Waals surface area contributed by atoms with Crippen molar-refractivity contribution in [3.05, 3.63) is 106 Å². The number of nitrogens with zero attached hydrogens (tertiary/aromatic N) is 2. The molecule has 0 saturated carbocycles. The third kappa shape index (κ3) is 4.97. The van der Waals surface area contributed by atoms with Gasteiger partial charge in [-0.1, -0.05) is 23.9 Å². The fourth-order valence-corrected chi connectivity index (χ4v) is 4.68. The van der Waals surface area contributed by atoms with E-state index in [0.717, 1.165) is 23.9 Å². The van der Waals surface area contributed by atoms with Gasteiger partial charge in [-0.2, -0.15) is 5.26 Å². The van der Waals surface area contributed by atoms with E-state index in [1.165, 1.54) is 53.4 Å². The smallest absolute Gasteiger partial charge is 0.269 e. The van der Waals surface area contributed by atoms with E-state index in [0.29, 0.717) is 5.56 Å². The van der Waals surface area contributed by atoms with Gasteiger partial charge in [-0.3, -0.25) is 14.5 Å². The minimum atomic E-state index is -0.779. The Hall–Kier alpha value is -4.03. The number of halogens is 3. The average Bonchev–Trinajstić information content (AvgIpc) is 3.13. The molecule has 1 fully saturated rings. The van der Waals surface area contributed by atoms with Crippen LogP contribution in [0.3, 0.4) is 0 Å². The topological polar surface area (TPSA) is 73.2 Å². The second-order valence-electron chi connectivity index (χ2n) is 7.34. The first-order valence-electron chi connectivity index (χ1n) is 10.1. The fourth-order valence-electron chi connectivity index (χ4n) is 3.37. The number of carbonyl (C=O) groups excluding carboxylic acids is 2. The summed E-state index contributed by atoms with van der Waals surface area (Å²) in [6.07, 6.45) is 0.225. The highest BCUT2D eigenvalue weighted by atomic mass is 32.2. The Kier molecular flexibility index (Phi) is 6.70. The average molecular weight is 479 g/mol. The molecule has 1 heterocycles. The van der Waals surface area contributed by atoms with Gasteiger partial charge in [0.25, 0.3) is 5.91 Å². The van der Waals surface area contributed by atoms with Crippen LogP contribution in [0.15, 0.2) is 83.4 Å². The minimum absolute atomic E-state index is 0.0887. The zero-order valence-electron chi connectivity index (χ0n) is 17.5. The first-order valence-corrected chi connectivity index (χ1v) is 11.0. The Morgan fingerprint density at radius 2 is 1.44 bits per heavy atom. The summed E-state index contributed by atoms with van der Waals surface area (Å²) in [5.41, 5.74) is 0.929. The highest BCUT2D eigenvalue weighted by Gasteiger charge is 2.40. The van der Waals surface area contributed by atoms with Crippen LogP contribution in [0.4, 0.5) is 24.5 Å². The number of carbonyl (C=O) groups is 2. The predicted molar refractivity (Wildman–Crippen MR) is 123 cm³/mol. The van der Waals surface area contributed by atoms with Crippen molar-refractivity contribution in [1.82, 2.24) is 0 Å². The second-order valence-corrected chi connectivity index (χ2v) is 8.53. The fraction of sp³-hybridized carbons (Fsp3) is 0.0800. The lowest BCUT2D eigenvalue weighted by molar-refractivity contribution is -0.117. The van der Waals surface area contributed by atoms with Gasteiger partial charge in [0.15, 0.2) is 0 Å². The molecule has 1 saturated heterocycles. The maximum atomic E-state index is 13.5. The molecule has 9 heteroatoms. The lowest BCUT2D eigenvalue weighted by Crippen LogP contribution is -2.30. The Labute approximate surface area is 197 Å². The van der Waals surface area contributed by atoms with Crippen molar-refractivity contribution < 1.29 is 22.8 Å². The molecule has 0 unspecified atom stereocenters. The molecule has 1 aliphatic heterocycles. The Balaban J connectivity index is 1.71. The molecule has 0 spiro atoms. The number of anilines is 2. The number of hydrogen-bond donors (Lipinski definition) is 1. The van der Waals surface area contributed by atoms with Gasteiger partial charge in [0.2, 0.25) is 5.91 Å². The van der Waals surface area contributed by atoms with Gasteiger partial charge < -0.3 is 5.32 Å². The predicted octanol–water partition coefficient (Wildman–Crippen LogP) is 5.17. The van der Waals surface area contributed by atoms with Crippen LogP contribution < -0.4 is 10.2 Å². The van der Waals surface area contributed by atoms with Gasteiger partial charge in [0.05, 0.1) is 5.25 Å². The van der Waals surface area contributed by atoms with Crippen molar-refractivity contribution in [3.8, 4) is 6.07 Å². The third-order valence-electron chi connectivity index (χ3n) is 5.03. The molecule has 1 N–H and O–H groups in total. The summed E-state index contributed by atoms with van der Waals surface area (Å²) in [4.78, 5) is 27.5. The molecule has 0 bridgehead atoms. The number of rotatable bonds is 5. The van der Waals surface area contributed by atoms with Crippen molar-refractivity contribution in [2.45, 2.75) is 11.7 Å². The number of nitriles is 1. The lowest BCUT2D eigenvalue weighted by Gasteiger charge is -2.18. The quantitative estimate of drug-likeness (QED) is 0.405. The van der Waals surface area contributed by atoms with E-state index in [1.54, 1.807) is 12.1 Å². The number of nitrogens with one attached hydrogen (secondary N) is 1. The van der Waals surface area contributed by atoms with E-state index in [9.17, 15) is 28.0 Å². The molecule has 0 aromatic heterocycles. The van der Waals surface area contributed by atoms with Crippen LogP contribution in [-0.2, 0) is 16.0 Å². The Bertz CT molecular complexity index is 1300. The largest absolute Gasteiger partial charge is 0.321 e.